The van der Waals surface area contributed by atoms with Crippen LogP contribution in [0.25, 0.3) is 11.3 Å². The zero-order valence-electron chi connectivity index (χ0n) is 51.6. The molecular weight excluding hydrogens is 1150 g/mol. The van der Waals surface area contributed by atoms with Gasteiger partial charge in [0.05, 0.1) is 11.7 Å². The molecule has 7 rings (SSSR count). The Morgan fingerprint density at radius 2 is 1.61 bits per heavy atom. The van der Waals surface area contributed by atoms with Crippen molar-refractivity contribution in [3.63, 3.8) is 0 Å². The zero-order valence-corrected chi connectivity index (χ0v) is 51.6. The number of urea groups is 1. The van der Waals surface area contributed by atoms with Crippen LogP contribution in [0.5, 0.6) is 0 Å². The van der Waals surface area contributed by atoms with Crippen LogP contribution in [0.4, 0.5) is 24.1 Å². The maximum atomic E-state index is 15.7. The van der Waals surface area contributed by atoms with Crippen molar-refractivity contribution in [2.24, 2.45) is 29.2 Å². The quantitative estimate of drug-likeness (QED) is 0.0231. The number of carbonyl (C=O) groups excluding carboxylic acids is 8. The summed E-state index contributed by atoms with van der Waals surface area (Å²) < 4.78 is 50.6. The van der Waals surface area contributed by atoms with Gasteiger partial charge in [-0.05, 0) is 126 Å². The van der Waals surface area contributed by atoms with Crippen LogP contribution in [0, 0.1) is 30.5 Å². The first-order valence-electron chi connectivity index (χ1n) is 31.0. The predicted molar refractivity (Wildman–Crippen MR) is 328 cm³/mol. The van der Waals surface area contributed by atoms with Crippen molar-refractivity contribution >= 4 is 53.3 Å². The van der Waals surface area contributed by atoms with Gasteiger partial charge in [-0.1, -0.05) is 74.4 Å². The van der Waals surface area contributed by atoms with E-state index in [4.69, 9.17) is 30.7 Å². The van der Waals surface area contributed by atoms with Crippen LogP contribution in [-0.4, -0.2) is 156 Å². The normalized spacial score (nSPS) is 18.4. The zero-order chi connectivity index (χ0) is 64.1. The Morgan fingerprint density at radius 1 is 0.865 bits per heavy atom. The maximum Gasteiger partial charge on any atom is 0.408 e. The largest absolute Gasteiger partial charge is 0.451 e. The molecule has 0 saturated carbocycles. The van der Waals surface area contributed by atoms with Crippen molar-refractivity contribution in [3.05, 3.63) is 107 Å². The lowest BCUT2D eigenvalue weighted by Gasteiger charge is -2.41. The number of alkyl halides is 1. The van der Waals surface area contributed by atoms with E-state index in [1.165, 1.54) is 24.8 Å². The molecule has 25 heteroatoms. The molecule has 0 radical (unpaired) electrons. The van der Waals surface area contributed by atoms with Gasteiger partial charge in [0.1, 0.15) is 48.6 Å². The average Bonchev–Trinajstić information content (AvgIpc) is 1.90. The Balaban J connectivity index is 0.981. The van der Waals surface area contributed by atoms with E-state index in [1.807, 2.05) is 41.8 Å². The third-order valence-corrected chi connectivity index (χ3v) is 16.4. The highest BCUT2D eigenvalue weighted by molar-refractivity contribution is 5.98. The van der Waals surface area contributed by atoms with Crippen LogP contribution in [0.2, 0.25) is 0 Å². The summed E-state index contributed by atoms with van der Waals surface area (Å²) in [5.74, 6) is -4.60. The van der Waals surface area contributed by atoms with Crippen molar-refractivity contribution in [3.8, 4) is 11.3 Å². The summed E-state index contributed by atoms with van der Waals surface area (Å²) >= 11 is 0. The molecule has 3 fully saturated rings. The molecule has 23 nitrogen and oxygen atoms in total. The van der Waals surface area contributed by atoms with E-state index < -0.39 is 95.9 Å². The number of alkyl carbamates (subject to hydrolysis) is 1. The molecule has 89 heavy (non-hydrogen) atoms. The second-order valence-electron chi connectivity index (χ2n) is 23.7. The lowest BCUT2D eigenvalue weighted by Crippen LogP contribution is -2.54. The highest BCUT2D eigenvalue weighted by Gasteiger charge is 2.44. The number of nitrogens with one attached hydrogen (secondary N) is 6. The summed E-state index contributed by atoms with van der Waals surface area (Å²) in [5, 5.41) is 16.4. The lowest BCUT2D eigenvalue weighted by atomic mass is 9.88. The minimum absolute atomic E-state index is 0.0509. The molecular formula is C64H88F2N12O11. The molecule has 8 atom stereocenters. The van der Waals surface area contributed by atoms with Crippen molar-refractivity contribution in [2.45, 2.75) is 154 Å². The van der Waals surface area contributed by atoms with E-state index in [2.05, 4.69) is 31.9 Å². The third kappa shape index (κ3) is 19.7. The number of halogens is 2. The number of aryl methyl sites for hydroxylation is 1. The van der Waals surface area contributed by atoms with E-state index in [0.717, 1.165) is 24.0 Å². The second kappa shape index (κ2) is 33.5. The molecule has 10 N–H and O–H groups in total. The number of primary amides is 1. The SMILES string of the molecule is Cc1ccc(F)c(-c2cn(Cc3ccccc3)c([C@@H](C3CCOCC3)N(C[C@@H]3CNC[C@@H]3F)C(=O)[C@H](C)OC(=O)[C@@H]3CCCN3C(=O)[C@@H](C)NC(=O)OCc3ccc(NC(=O)[C@H](CCCNC(N)=O)NC(=O)[C@@H](NC(=O)CCCCCN)C(C)C)cc3)n2)c1. The number of imidazole rings is 1. The number of hydrogen-bond acceptors (Lipinski definition) is 14. The highest BCUT2D eigenvalue weighted by Crippen LogP contribution is 2.39. The number of nitrogens with two attached hydrogens (primary N) is 2. The van der Waals surface area contributed by atoms with E-state index >= 15 is 13.6 Å². The number of aromatic nitrogens is 2. The number of anilines is 1. The Labute approximate surface area is 518 Å². The van der Waals surface area contributed by atoms with Gasteiger partial charge in [-0.2, -0.15) is 0 Å². The van der Waals surface area contributed by atoms with Gasteiger partial charge < -0.3 is 71.9 Å². The first kappa shape index (κ1) is 68.5. The van der Waals surface area contributed by atoms with Crippen LogP contribution >= 0.6 is 0 Å². The molecule has 3 aliphatic rings. The van der Waals surface area contributed by atoms with Crippen LogP contribution in [0.15, 0.2) is 79.0 Å². The van der Waals surface area contributed by atoms with Crippen molar-refractivity contribution in [1.82, 2.24) is 45.9 Å². The number of nitrogens with zero attached hydrogens (tertiary/aromatic N) is 4. The fraction of sp³-hybridized carbons (Fsp3) is 0.547. The fourth-order valence-corrected chi connectivity index (χ4v) is 11.5. The molecule has 4 heterocycles. The lowest BCUT2D eigenvalue weighted by molar-refractivity contribution is -0.166. The number of carbonyl (C=O) groups is 8. The summed E-state index contributed by atoms with van der Waals surface area (Å²) in [7, 11) is 0. The smallest absolute Gasteiger partial charge is 0.408 e. The van der Waals surface area contributed by atoms with E-state index in [0.29, 0.717) is 81.3 Å². The van der Waals surface area contributed by atoms with Gasteiger partial charge in [-0.3, -0.25) is 24.0 Å². The first-order chi connectivity index (χ1) is 42.7. The van der Waals surface area contributed by atoms with Gasteiger partial charge >= 0.3 is 18.1 Å². The number of likely N-dealkylation sites (tertiary alicyclic amines) is 1. The summed E-state index contributed by atoms with van der Waals surface area (Å²) in [6.45, 7) is 10.4. The summed E-state index contributed by atoms with van der Waals surface area (Å²) in [6, 6.07) is 15.0. The van der Waals surface area contributed by atoms with Crippen molar-refractivity contribution in [2.75, 3.05) is 57.8 Å². The van der Waals surface area contributed by atoms with Crippen LogP contribution in [-0.2, 0) is 56.1 Å². The molecule has 1 aromatic heterocycles. The number of unbranched alkanes of at least 4 members (excludes halogenated alkanes) is 2. The standard InChI is InChI=1S/C64H88F2N12O11/c1-39(2)55(75-54(79)18-10-7-11-27-67)59(81)74-51(16-12-28-70-63(68)85)58(80)72-47-22-20-44(21-23-47)38-88-64(86)71-41(4)60(82)77-29-13-17-53(77)62(84)89-42(5)61(83)78(36-46-33-69-34-50(46)66)56(45-25-30-87-31-26-45)57-73-52(48-32-40(3)19-24-49(48)65)37-76(57)35-43-14-8-6-9-15-43/h6,8-9,14-15,19-24,32,37,39,41-42,45-46,50-51,53,55-56,69H,7,10-13,16-18,25-31,33-36,38,67H2,1-5H3,(H,71,86)(H,72,80)(H,74,81)(H,75,79)(H3,68,70,85)/t41-,42+,46+,50+,51+,53+,55+,56-/m1/s1. The third-order valence-electron chi connectivity index (χ3n) is 16.4. The van der Waals surface area contributed by atoms with Crippen molar-refractivity contribution in [1.29, 1.82) is 0 Å². The van der Waals surface area contributed by atoms with E-state index in [9.17, 15) is 33.6 Å². The molecule has 0 unspecified atom stereocenters. The van der Waals surface area contributed by atoms with Crippen LogP contribution < -0.4 is 43.4 Å². The molecule has 8 amide bonds. The fourth-order valence-electron chi connectivity index (χ4n) is 11.5. The van der Waals surface area contributed by atoms with Gasteiger partial charge in [-0.15, -0.1) is 0 Å². The van der Waals surface area contributed by atoms with E-state index in [1.54, 1.807) is 61.3 Å². The highest BCUT2D eigenvalue weighted by atomic mass is 19.1. The molecule has 3 aliphatic heterocycles. The number of hydrogen-bond donors (Lipinski definition) is 8. The molecule has 4 aromatic rings. The van der Waals surface area contributed by atoms with Gasteiger partial charge in [0, 0.05) is 82.3 Å². The van der Waals surface area contributed by atoms with Crippen LogP contribution in [0.3, 0.4) is 0 Å². The summed E-state index contributed by atoms with van der Waals surface area (Å²) in [5.41, 5.74) is 14.0. The summed E-state index contributed by atoms with van der Waals surface area (Å²) in [4.78, 5) is 116. The minimum Gasteiger partial charge on any atom is -0.451 e. The number of benzene rings is 3. The van der Waals surface area contributed by atoms with Crippen LogP contribution in [0.1, 0.15) is 120 Å². The Morgan fingerprint density at radius 3 is 2.29 bits per heavy atom. The number of ether oxygens (including phenoxy) is 3. The number of amides is 8. The van der Waals surface area contributed by atoms with E-state index in [-0.39, 0.29) is 81.8 Å². The maximum absolute atomic E-state index is 15.7. The topological polar surface area (TPSA) is 313 Å². The molecule has 0 aliphatic carbocycles. The Kier molecular flexibility index (Phi) is 25.8. The summed E-state index contributed by atoms with van der Waals surface area (Å²) in [6.07, 6.45) is 2.65. The molecule has 3 aromatic carbocycles. The molecule has 484 valence electrons. The molecule has 0 bridgehead atoms. The number of esters is 1. The second-order valence-corrected chi connectivity index (χ2v) is 23.7. The van der Waals surface area contributed by atoms with Gasteiger partial charge in [0.25, 0.3) is 5.91 Å². The molecule has 3 saturated heterocycles. The van der Waals surface area contributed by atoms with Crippen molar-refractivity contribution < 1.29 is 61.3 Å². The Hall–Kier alpha value is -8.03. The monoisotopic (exact) mass is 1240 g/mol. The molecule has 0 spiro atoms. The minimum atomic E-state index is -1.41. The predicted octanol–water partition coefficient (Wildman–Crippen LogP) is 5.67. The Bertz CT molecular complexity index is 3040. The number of rotatable bonds is 30. The van der Waals surface area contributed by atoms with Gasteiger partial charge in [-0.25, -0.2) is 28.1 Å². The first-order valence-corrected chi connectivity index (χ1v) is 31.0. The van der Waals surface area contributed by atoms with Gasteiger partial charge in [0.15, 0.2) is 6.10 Å². The van der Waals surface area contributed by atoms with Gasteiger partial charge in [0.2, 0.25) is 23.6 Å². The average molecular weight is 1240 g/mol.